The monoisotopic (exact) mass is 307 g/mol. The van der Waals surface area contributed by atoms with Crippen LogP contribution in [0.15, 0.2) is 24.3 Å². The first-order valence-corrected chi connectivity index (χ1v) is 7.72. The third-order valence-corrected chi connectivity index (χ3v) is 4.40. The van der Waals surface area contributed by atoms with Crippen molar-refractivity contribution >= 4 is 5.97 Å². The molecule has 0 aliphatic carbocycles. The molecule has 1 fully saturated rings. The number of carbonyl (C=O) groups is 1. The van der Waals surface area contributed by atoms with E-state index >= 15 is 0 Å². The molecule has 0 aromatic heterocycles. The number of hydrogen-bond acceptors (Lipinski definition) is 4. The van der Waals surface area contributed by atoms with Crippen LogP contribution in [0.5, 0.6) is 5.75 Å². The summed E-state index contributed by atoms with van der Waals surface area (Å²) in [6.07, 6.45) is 2.99. The summed E-state index contributed by atoms with van der Waals surface area (Å²) in [4.78, 5) is 13.0. The lowest BCUT2D eigenvalue weighted by atomic mass is 9.89. The van der Waals surface area contributed by atoms with Gasteiger partial charge in [0, 0.05) is 6.54 Å². The number of carboxylic acids is 1. The first kappa shape index (κ1) is 16.8. The number of rotatable bonds is 6. The highest BCUT2D eigenvalue weighted by molar-refractivity contribution is 5.76. The summed E-state index contributed by atoms with van der Waals surface area (Å²) in [5.74, 6) is 0.338. The summed E-state index contributed by atoms with van der Waals surface area (Å²) in [7, 11) is 1.69. The van der Waals surface area contributed by atoms with Gasteiger partial charge in [0.15, 0.2) is 5.60 Å². The molecule has 2 rings (SSSR count). The number of aliphatic hydroxyl groups is 1. The van der Waals surface area contributed by atoms with Crippen molar-refractivity contribution in [1.29, 1.82) is 0 Å². The van der Waals surface area contributed by atoms with E-state index in [1.807, 2.05) is 23.1 Å². The van der Waals surface area contributed by atoms with Gasteiger partial charge in [0.1, 0.15) is 5.75 Å². The second kappa shape index (κ2) is 7.11. The number of β-amino-alcohol motifs (C(OH)–C–C–N with tert-alkyl or cyclic N) is 1. The maximum atomic E-state index is 11.0. The zero-order valence-corrected chi connectivity index (χ0v) is 13.3. The number of hydrogen-bond donors (Lipinski definition) is 2. The Bertz CT molecular complexity index is 507. The van der Waals surface area contributed by atoms with Crippen LogP contribution in [0.25, 0.3) is 0 Å². The molecule has 0 radical (unpaired) electrons. The van der Waals surface area contributed by atoms with Gasteiger partial charge in [0.05, 0.1) is 7.11 Å². The third kappa shape index (κ3) is 4.21. The number of piperidine rings is 1. The summed E-state index contributed by atoms with van der Waals surface area (Å²) in [6.45, 7) is 3.19. The zero-order chi connectivity index (χ0) is 16.2. The van der Waals surface area contributed by atoms with E-state index in [1.54, 1.807) is 7.11 Å². The Balaban J connectivity index is 1.86. The number of nitrogens with zero attached hydrogens (tertiary/aromatic N) is 1. The maximum absolute atomic E-state index is 11.0. The summed E-state index contributed by atoms with van der Waals surface area (Å²) in [5.41, 5.74) is -0.448. The van der Waals surface area contributed by atoms with E-state index in [0.29, 0.717) is 5.92 Å². The fourth-order valence-corrected chi connectivity index (χ4v) is 3.03. The van der Waals surface area contributed by atoms with Crippen LogP contribution in [0.2, 0.25) is 0 Å². The SMILES string of the molecule is COc1ccccc1CC1CCN(CC(C)(O)C(=O)O)CC1. The minimum absolute atomic E-state index is 0.184. The number of methoxy groups -OCH3 is 1. The van der Waals surface area contributed by atoms with Crippen LogP contribution in [0, 0.1) is 5.92 Å². The van der Waals surface area contributed by atoms with Crippen LogP contribution >= 0.6 is 0 Å². The van der Waals surface area contributed by atoms with Crippen molar-refractivity contribution in [3.05, 3.63) is 29.8 Å². The molecule has 5 heteroatoms. The second-order valence-corrected chi connectivity index (χ2v) is 6.31. The van der Waals surface area contributed by atoms with E-state index in [1.165, 1.54) is 12.5 Å². The summed E-state index contributed by atoms with van der Waals surface area (Å²) in [5, 5.41) is 18.8. The van der Waals surface area contributed by atoms with E-state index in [4.69, 9.17) is 9.84 Å². The lowest BCUT2D eigenvalue weighted by Gasteiger charge is -2.35. The number of carboxylic acid groups (broad SMARTS) is 1. The van der Waals surface area contributed by atoms with Gasteiger partial charge in [-0.15, -0.1) is 0 Å². The molecule has 1 atom stereocenters. The maximum Gasteiger partial charge on any atom is 0.336 e. The summed E-state index contributed by atoms with van der Waals surface area (Å²) < 4.78 is 5.39. The molecule has 1 aliphatic rings. The highest BCUT2D eigenvalue weighted by Crippen LogP contribution is 2.27. The van der Waals surface area contributed by atoms with Gasteiger partial charge in [-0.05, 0) is 56.8 Å². The van der Waals surface area contributed by atoms with Gasteiger partial charge in [-0.3, -0.25) is 4.90 Å². The molecule has 22 heavy (non-hydrogen) atoms. The molecule has 0 amide bonds. The summed E-state index contributed by atoms with van der Waals surface area (Å²) >= 11 is 0. The summed E-state index contributed by atoms with van der Waals surface area (Å²) in [6, 6.07) is 8.07. The van der Waals surface area contributed by atoms with Gasteiger partial charge in [0.2, 0.25) is 0 Å². The molecule has 1 saturated heterocycles. The molecule has 1 unspecified atom stereocenters. The number of ether oxygens (including phenoxy) is 1. The third-order valence-electron chi connectivity index (χ3n) is 4.40. The van der Waals surface area contributed by atoms with E-state index in [-0.39, 0.29) is 6.54 Å². The normalized spacial score (nSPS) is 19.6. The Labute approximate surface area is 131 Å². The Morgan fingerprint density at radius 3 is 2.59 bits per heavy atom. The van der Waals surface area contributed by atoms with Gasteiger partial charge < -0.3 is 14.9 Å². The molecule has 2 N–H and O–H groups in total. The average Bonchev–Trinajstić information content (AvgIpc) is 2.49. The van der Waals surface area contributed by atoms with E-state index in [2.05, 4.69) is 6.07 Å². The number of likely N-dealkylation sites (tertiary alicyclic amines) is 1. The molecule has 0 bridgehead atoms. The standard InChI is InChI=1S/C17H25NO4/c1-17(21,16(19)20)12-18-9-7-13(8-10-18)11-14-5-3-4-6-15(14)22-2/h3-6,13,21H,7-12H2,1-2H3,(H,19,20). The smallest absolute Gasteiger partial charge is 0.336 e. The fraction of sp³-hybridized carbons (Fsp3) is 0.588. The minimum atomic E-state index is -1.67. The highest BCUT2D eigenvalue weighted by Gasteiger charge is 2.33. The Hall–Kier alpha value is -1.59. The van der Waals surface area contributed by atoms with E-state index in [0.717, 1.165) is 38.1 Å². The van der Waals surface area contributed by atoms with Crippen LogP contribution < -0.4 is 4.74 Å². The van der Waals surface area contributed by atoms with Crippen molar-refractivity contribution in [2.45, 2.75) is 31.8 Å². The molecule has 0 spiro atoms. The Morgan fingerprint density at radius 1 is 1.36 bits per heavy atom. The van der Waals surface area contributed by atoms with Crippen LogP contribution in [-0.4, -0.2) is 53.4 Å². The predicted molar refractivity (Wildman–Crippen MR) is 84.1 cm³/mol. The average molecular weight is 307 g/mol. The minimum Gasteiger partial charge on any atom is -0.496 e. The van der Waals surface area contributed by atoms with Crippen molar-refractivity contribution in [2.24, 2.45) is 5.92 Å². The van der Waals surface area contributed by atoms with Gasteiger partial charge in [-0.2, -0.15) is 0 Å². The number of para-hydroxylation sites is 1. The van der Waals surface area contributed by atoms with Gasteiger partial charge in [0.25, 0.3) is 0 Å². The molecule has 5 nitrogen and oxygen atoms in total. The van der Waals surface area contributed by atoms with Gasteiger partial charge in [-0.1, -0.05) is 18.2 Å². The lowest BCUT2D eigenvalue weighted by molar-refractivity contribution is -0.158. The quantitative estimate of drug-likeness (QED) is 0.838. The molecule has 1 aliphatic heterocycles. The number of benzene rings is 1. The first-order chi connectivity index (χ1) is 10.4. The van der Waals surface area contributed by atoms with Gasteiger partial charge in [-0.25, -0.2) is 4.79 Å². The van der Waals surface area contributed by atoms with Crippen LogP contribution in [0.4, 0.5) is 0 Å². The molecule has 1 aromatic rings. The van der Waals surface area contributed by atoms with E-state index < -0.39 is 11.6 Å². The molecular weight excluding hydrogens is 282 g/mol. The molecule has 1 aromatic carbocycles. The first-order valence-electron chi connectivity index (χ1n) is 7.72. The zero-order valence-electron chi connectivity index (χ0n) is 13.3. The van der Waals surface area contributed by atoms with Crippen molar-refractivity contribution in [2.75, 3.05) is 26.7 Å². The van der Waals surface area contributed by atoms with Crippen molar-refractivity contribution in [3.8, 4) is 5.75 Å². The molecular formula is C17H25NO4. The van der Waals surface area contributed by atoms with Crippen LogP contribution in [0.1, 0.15) is 25.3 Å². The molecule has 0 saturated carbocycles. The van der Waals surface area contributed by atoms with Crippen molar-refractivity contribution in [3.63, 3.8) is 0 Å². The van der Waals surface area contributed by atoms with E-state index in [9.17, 15) is 9.90 Å². The van der Waals surface area contributed by atoms with Crippen LogP contribution in [-0.2, 0) is 11.2 Å². The topological polar surface area (TPSA) is 70.0 Å². The predicted octanol–water partition coefficient (Wildman–Crippen LogP) is 1.79. The second-order valence-electron chi connectivity index (χ2n) is 6.31. The number of aliphatic carboxylic acids is 1. The Morgan fingerprint density at radius 2 is 2.00 bits per heavy atom. The highest BCUT2D eigenvalue weighted by atomic mass is 16.5. The fourth-order valence-electron chi connectivity index (χ4n) is 3.03. The van der Waals surface area contributed by atoms with Crippen molar-refractivity contribution < 1.29 is 19.7 Å². The van der Waals surface area contributed by atoms with Crippen molar-refractivity contribution in [1.82, 2.24) is 4.90 Å². The molecule has 1 heterocycles. The lowest BCUT2D eigenvalue weighted by Crippen LogP contribution is -2.49. The van der Waals surface area contributed by atoms with Gasteiger partial charge >= 0.3 is 5.97 Å². The molecule has 122 valence electrons. The Kier molecular flexibility index (Phi) is 5.42. The van der Waals surface area contributed by atoms with Crippen LogP contribution in [0.3, 0.4) is 0 Å². The largest absolute Gasteiger partial charge is 0.496 e.